The second-order valence-corrected chi connectivity index (χ2v) is 5.35. The fraction of sp³-hybridized carbons (Fsp3) is 0.833. The predicted molar refractivity (Wildman–Crippen MR) is 62.6 cm³/mol. The number of carbonyl (C=O) groups excluding carboxylic acids is 1. The van der Waals surface area contributed by atoms with Gasteiger partial charge in [0.15, 0.2) is 0 Å². The molecule has 1 amide bonds. The lowest BCUT2D eigenvalue weighted by atomic mass is 9.93. The van der Waals surface area contributed by atoms with Gasteiger partial charge in [-0.1, -0.05) is 0 Å². The number of carboxylic acids is 1. The molecule has 0 aliphatic carbocycles. The molecule has 0 spiro atoms. The second-order valence-electron chi connectivity index (χ2n) is 5.35. The lowest BCUT2D eigenvalue weighted by molar-refractivity contribution is -0.139. The normalized spacial score (nSPS) is 25.4. The van der Waals surface area contributed by atoms with Gasteiger partial charge in [-0.05, 0) is 33.6 Å². The van der Waals surface area contributed by atoms with Crippen molar-refractivity contribution >= 4 is 11.9 Å². The molecule has 0 aromatic rings. The van der Waals surface area contributed by atoms with Crippen LogP contribution in [0.25, 0.3) is 0 Å². The molecular formula is C12H21NO4. The van der Waals surface area contributed by atoms with Crippen LogP contribution in [0, 0.1) is 5.92 Å². The van der Waals surface area contributed by atoms with Gasteiger partial charge in [0.1, 0.15) is 0 Å². The maximum absolute atomic E-state index is 12.0. The molecule has 1 aliphatic heterocycles. The van der Waals surface area contributed by atoms with Gasteiger partial charge in [0.25, 0.3) is 0 Å². The van der Waals surface area contributed by atoms with Crippen molar-refractivity contribution in [1.29, 1.82) is 0 Å². The third kappa shape index (κ3) is 4.73. The van der Waals surface area contributed by atoms with Crippen LogP contribution in [0.5, 0.6) is 0 Å². The van der Waals surface area contributed by atoms with E-state index in [1.807, 2.05) is 6.92 Å². The average Bonchev–Trinajstić information content (AvgIpc) is 2.14. The van der Waals surface area contributed by atoms with Gasteiger partial charge in [0, 0.05) is 18.1 Å². The molecule has 2 atom stereocenters. The molecule has 1 rings (SSSR count). The van der Waals surface area contributed by atoms with Crippen molar-refractivity contribution in [3.05, 3.63) is 0 Å². The van der Waals surface area contributed by atoms with Crippen LogP contribution < -0.4 is 5.32 Å². The van der Waals surface area contributed by atoms with Crippen molar-refractivity contribution in [2.24, 2.45) is 5.92 Å². The van der Waals surface area contributed by atoms with Gasteiger partial charge in [0.05, 0.1) is 12.5 Å². The SMILES string of the molecule is CC1CC(C(=O)NC(C)(C)CC(=O)O)CCO1. The van der Waals surface area contributed by atoms with E-state index >= 15 is 0 Å². The Morgan fingerprint density at radius 2 is 2.12 bits per heavy atom. The molecule has 1 aliphatic rings. The van der Waals surface area contributed by atoms with Crippen LogP contribution in [0.1, 0.15) is 40.0 Å². The monoisotopic (exact) mass is 243 g/mol. The van der Waals surface area contributed by atoms with Crippen LogP contribution in [0.4, 0.5) is 0 Å². The van der Waals surface area contributed by atoms with Crippen molar-refractivity contribution in [2.75, 3.05) is 6.61 Å². The third-order valence-corrected chi connectivity index (χ3v) is 2.91. The summed E-state index contributed by atoms with van der Waals surface area (Å²) in [6, 6.07) is 0. The number of carbonyl (C=O) groups is 2. The quantitative estimate of drug-likeness (QED) is 0.777. The van der Waals surface area contributed by atoms with E-state index in [-0.39, 0.29) is 24.3 Å². The van der Waals surface area contributed by atoms with E-state index in [0.29, 0.717) is 19.4 Å². The minimum Gasteiger partial charge on any atom is -0.481 e. The summed E-state index contributed by atoms with van der Waals surface area (Å²) in [6.07, 6.45) is 1.44. The number of hydrogen-bond acceptors (Lipinski definition) is 3. The van der Waals surface area contributed by atoms with E-state index < -0.39 is 11.5 Å². The zero-order valence-corrected chi connectivity index (χ0v) is 10.7. The Labute approximate surface area is 102 Å². The minimum absolute atomic E-state index is 0.0631. The maximum Gasteiger partial charge on any atom is 0.305 e. The van der Waals surface area contributed by atoms with Crippen molar-refractivity contribution in [3.8, 4) is 0 Å². The van der Waals surface area contributed by atoms with E-state index in [4.69, 9.17) is 9.84 Å². The van der Waals surface area contributed by atoms with Crippen LogP contribution >= 0.6 is 0 Å². The van der Waals surface area contributed by atoms with Crippen molar-refractivity contribution < 1.29 is 19.4 Å². The first-order valence-corrected chi connectivity index (χ1v) is 5.95. The van der Waals surface area contributed by atoms with Crippen molar-refractivity contribution in [2.45, 2.75) is 51.7 Å². The maximum atomic E-state index is 12.0. The summed E-state index contributed by atoms with van der Waals surface area (Å²) >= 11 is 0. The van der Waals surface area contributed by atoms with Gasteiger partial charge < -0.3 is 15.2 Å². The molecule has 0 radical (unpaired) electrons. The molecule has 17 heavy (non-hydrogen) atoms. The van der Waals surface area contributed by atoms with Crippen molar-refractivity contribution in [3.63, 3.8) is 0 Å². The van der Waals surface area contributed by atoms with Crippen molar-refractivity contribution in [1.82, 2.24) is 5.32 Å². The number of rotatable bonds is 4. The molecule has 0 bridgehead atoms. The Morgan fingerprint density at radius 1 is 1.47 bits per heavy atom. The molecule has 5 nitrogen and oxygen atoms in total. The van der Waals surface area contributed by atoms with E-state index in [1.54, 1.807) is 13.8 Å². The number of hydrogen-bond donors (Lipinski definition) is 2. The number of amides is 1. The number of nitrogens with one attached hydrogen (secondary N) is 1. The lowest BCUT2D eigenvalue weighted by Gasteiger charge is -2.31. The average molecular weight is 243 g/mol. The number of aliphatic carboxylic acids is 1. The molecule has 0 saturated carbocycles. The smallest absolute Gasteiger partial charge is 0.305 e. The minimum atomic E-state index is -0.907. The standard InChI is InChI=1S/C12H21NO4/c1-8-6-9(4-5-17-8)11(16)13-12(2,3)7-10(14)15/h8-9H,4-7H2,1-3H3,(H,13,16)(H,14,15). The molecule has 2 unspecified atom stereocenters. The summed E-state index contributed by atoms with van der Waals surface area (Å²) in [7, 11) is 0. The Hall–Kier alpha value is -1.10. The predicted octanol–water partition coefficient (Wildman–Crippen LogP) is 1.17. The Morgan fingerprint density at radius 3 is 2.65 bits per heavy atom. The third-order valence-electron chi connectivity index (χ3n) is 2.91. The van der Waals surface area contributed by atoms with Gasteiger partial charge >= 0.3 is 5.97 Å². The topological polar surface area (TPSA) is 75.6 Å². The highest BCUT2D eigenvalue weighted by atomic mass is 16.5. The molecule has 1 heterocycles. The summed E-state index contributed by atoms with van der Waals surface area (Å²) in [6.45, 7) is 5.99. The fourth-order valence-corrected chi connectivity index (χ4v) is 2.09. The summed E-state index contributed by atoms with van der Waals surface area (Å²) in [4.78, 5) is 22.6. The van der Waals surface area contributed by atoms with E-state index in [1.165, 1.54) is 0 Å². The number of ether oxygens (including phenoxy) is 1. The van der Waals surface area contributed by atoms with E-state index in [9.17, 15) is 9.59 Å². The lowest BCUT2D eigenvalue weighted by Crippen LogP contribution is -2.48. The zero-order valence-electron chi connectivity index (χ0n) is 10.7. The van der Waals surface area contributed by atoms with Gasteiger partial charge in [-0.25, -0.2) is 0 Å². The zero-order chi connectivity index (χ0) is 13.1. The highest BCUT2D eigenvalue weighted by molar-refractivity contribution is 5.80. The molecule has 1 fully saturated rings. The molecule has 98 valence electrons. The second kappa shape index (κ2) is 5.49. The Kier molecular flexibility index (Phi) is 4.51. The van der Waals surface area contributed by atoms with Gasteiger partial charge in [0.2, 0.25) is 5.91 Å². The molecule has 5 heteroatoms. The fourth-order valence-electron chi connectivity index (χ4n) is 2.09. The van der Waals surface area contributed by atoms with Crippen LogP contribution in [-0.4, -0.2) is 35.2 Å². The van der Waals surface area contributed by atoms with Crippen LogP contribution in [0.3, 0.4) is 0 Å². The van der Waals surface area contributed by atoms with Gasteiger partial charge in [-0.3, -0.25) is 9.59 Å². The van der Waals surface area contributed by atoms with Crippen LogP contribution in [0.15, 0.2) is 0 Å². The first kappa shape index (κ1) is 14.0. The summed E-state index contributed by atoms with van der Waals surface area (Å²) < 4.78 is 5.38. The highest BCUT2D eigenvalue weighted by Crippen LogP contribution is 2.21. The number of carboxylic acid groups (broad SMARTS) is 1. The summed E-state index contributed by atoms with van der Waals surface area (Å²) in [5, 5.41) is 11.5. The highest BCUT2D eigenvalue weighted by Gasteiger charge is 2.30. The largest absolute Gasteiger partial charge is 0.481 e. The molecule has 0 aromatic carbocycles. The van der Waals surface area contributed by atoms with Crippen LogP contribution in [0.2, 0.25) is 0 Å². The first-order chi connectivity index (χ1) is 7.80. The molecular weight excluding hydrogens is 222 g/mol. The molecule has 2 N–H and O–H groups in total. The summed E-state index contributed by atoms with van der Waals surface area (Å²) in [5.74, 6) is -1.03. The van der Waals surface area contributed by atoms with E-state index in [2.05, 4.69) is 5.32 Å². The first-order valence-electron chi connectivity index (χ1n) is 5.95. The van der Waals surface area contributed by atoms with Crippen LogP contribution in [-0.2, 0) is 14.3 Å². The van der Waals surface area contributed by atoms with E-state index in [0.717, 1.165) is 0 Å². The summed E-state index contributed by atoms with van der Waals surface area (Å²) in [5.41, 5.74) is -0.704. The Bertz CT molecular complexity index is 301. The molecule has 1 saturated heterocycles. The van der Waals surface area contributed by atoms with Gasteiger partial charge in [-0.15, -0.1) is 0 Å². The Balaban J connectivity index is 2.50. The van der Waals surface area contributed by atoms with Gasteiger partial charge in [-0.2, -0.15) is 0 Å². The molecule has 0 aromatic heterocycles.